The van der Waals surface area contributed by atoms with Crippen LogP contribution in [0.5, 0.6) is 5.75 Å². The standard InChI is InChI=1S/C24H25FN4O2/c1-14(17-9-11-22(31-4)20(25)13-17)26-23(30)12-10-18-15(2)27-24-19-7-5-6-8-21(19)28-29(24)16(18)3/h5-9,11,13-14H,10,12H2,1-4H3,(H,26,30)/t14-/m1/s1. The highest BCUT2D eigenvalue weighted by Crippen LogP contribution is 2.24. The molecule has 0 bridgehead atoms. The lowest BCUT2D eigenvalue weighted by Crippen LogP contribution is -2.27. The fraction of sp³-hybridized carbons (Fsp3) is 0.292. The number of ether oxygens (including phenoxy) is 1. The quantitative estimate of drug-likeness (QED) is 0.500. The zero-order chi connectivity index (χ0) is 22.1. The van der Waals surface area contributed by atoms with Gasteiger partial charge in [0.2, 0.25) is 5.91 Å². The van der Waals surface area contributed by atoms with Crippen molar-refractivity contribution < 1.29 is 13.9 Å². The third-order valence-corrected chi connectivity index (χ3v) is 5.67. The Bertz CT molecular complexity index is 1280. The van der Waals surface area contributed by atoms with Crippen molar-refractivity contribution in [2.75, 3.05) is 7.11 Å². The number of amides is 1. The van der Waals surface area contributed by atoms with Gasteiger partial charge in [0.15, 0.2) is 17.2 Å². The third kappa shape index (κ3) is 3.95. The number of halogens is 1. The number of aryl methyl sites for hydroxylation is 2. The fourth-order valence-electron chi connectivity index (χ4n) is 3.93. The number of carbonyl (C=O) groups excluding carboxylic acids is 1. The SMILES string of the molecule is COc1ccc([C@@H](C)NC(=O)CCc2c(C)nc3c4ccccc4nn3c2C)cc1F. The van der Waals surface area contributed by atoms with E-state index in [1.54, 1.807) is 12.1 Å². The van der Waals surface area contributed by atoms with Crippen molar-refractivity contribution in [3.8, 4) is 5.75 Å². The molecule has 0 aliphatic heterocycles. The highest BCUT2D eigenvalue weighted by atomic mass is 19.1. The van der Waals surface area contributed by atoms with Crippen LogP contribution in [0, 0.1) is 19.7 Å². The molecule has 0 fully saturated rings. The van der Waals surface area contributed by atoms with Gasteiger partial charge in [0.25, 0.3) is 0 Å². The highest BCUT2D eigenvalue weighted by Gasteiger charge is 2.16. The van der Waals surface area contributed by atoms with E-state index in [0.29, 0.717) is 18.4 Å². The Morgan fingerprint density at radius 2 is 2.00 bits per heavy atom. The van der Waals surface area contributed by atoms with Crippen molar-refractivity contribution in [2.45, 2.75) is 39.7 Å². The van der Waals surface area contributed by atoms with E-state index in [1.165, 1.54) is 13.2 Å². The van der Waals surface area contributed by atoms with Crippen molar-refractivity contribution in [1.82, 2.24) is 19.9 Å². The summed E-state index contributed by atoms with van der Waals surface area (Å²) in [5.74, 6) is -0.367. The summed E-state index contributed by atoms with van der Waals surface area (Å²) in [5, 5.41) is 8.61. The van der Waals surface area contributed by atoms with Gasteiger partial charge in [-0.25, -0.2) is 13.9 Å². The van der Waals surface area contributed by atoms with E-state index in [2.05, 4.69) is 10.4 Å². The van der Waals surface area contributed by atoms with Gasteiger partial charge in [-0.15, -0.1) is 0 Å². The van der Waals surface area contributed by atoms with Crippen LogP contribution in [0.3, 0.4) is 0 Å². The van der Waals surface area contributed by atoms with Crippen LogP contribution in [-0.2, 0) is 11.2 Å². The molecule has 0 saturated heterocycles. The zero-order valence-electron chi connectivity index (χ0n) is 18.1. The van der Waals surface area contributed by atoms with E-state index in [9.17, 15) is 9.18 Å². The number of carbonyl (C=O) groups is 1. The van der Waals surface area contributed by atoms with Crippen LogP contribution < -0.4 is 10.1 Å². The van der Waals surface area contributed by atoms with E-state index >= 15 is 0 Å². The summed E-state index contributed by atoms with van der Waals surface area (Å²) < 4.78 is 20.8. The highest BCUT2D eigenvalue weighted by molar-refractivity contribution is 5.92. The summed E-state index contributed by atoms with van der Waals surface area (Å²) in [5.41, 5.74) is 5.30. The smallest absolute Gasteiger partial charge is 0.220 e. The topological polar surface area (TPSA) is 68.5 Å². The third-order valence-electron chi connectivity index (χ3n) is 5.67. The number of nitrogens with one attached hydrogen (secondary N) is 1. The minimum absolute atomic E-state index is 0.103. The second-order valence-electron chi connectivity index (χ2n) is 7.70. The van der Waals surface area contributed by atoms with E-state index < -0.39 is 5.82 Å². The molecule has 1 N–H and O–H groups in total. The molecule has 1 amide bonds. The fourth-order valence-corrected chi connectivity index (χ4v) is 3.93. The van der Waals surface area contributed by atoms with Gasteiger partial charge in [0.1, 0.15) is 0 Å². The maximum absolute atomic E-state index is 14.0. The van der Waals surface area contributed by atoms with Crippen LogP contribution in [0.25, 0.3) is 16.6 Å². The second kappa shape index (κ2) is 8.34. The Kier molecular flexibility index (Phi) is 5.59. The largest absolute Gasteiger partial charge is 0.494 e. The zero-order valence-corrected chi connectivity index (χ0v) is 18.1. The average Bonchev–Trinajstić information content (AvgIpc) is 3.12. The minimum Gasteiger partial charge on any atom is -0.494 e. The van der Waals surface area contributed by atoms with Crippen LogP contribution >= 0.6 is 0 Å². The Hall–Kier alpha value is -3.48. The molecule has 0 spiro atoms. The number of methoxy groups -OCH3 is 1. The number of fused-ring (bicyclic) bond motifs is 3. The summed E-state index contributed by atoms with van der Waals surface area (Å²) in [4.78, 5) is 17.3. The number of hydrogen-bond acceptors (Lipinski definition) is 4. The molecule has 2 aromatic carbocycles. The molecular formula is C24H25FN4O2. The molecule has 0 unspecified atom stereocenters. The Morgan fingerprint density at radius 1 is 1.23 bits per heavy atom. The lowest BCUT2D eigenvalue weighted by Gasteiger charge is -2.16. The van der Waals surface area contributed by atoms with Crippen molar-refractivity contribution in [3.63, 3.8) is 0 Å². The Balaban J connectivity index is 1.49. The molecule has 0 saturated carbocycles. The normalized spacial score (nSPS) is 12.3. The van der Waals surface area contributed by atoms with E-state index in [-0.39, 0.29) is 17.7 Å². The van der Waals surface area contributed by atoms with Gasteiger partial charge in [-0.3, -0.25) is 4.79 Å². The number of nitrogens with zero attached hydrogens (tertiary/aromatic N) is 3. The molecule has 4 aromatic rings. The van der Waals surface area contributed by atoms with Crippen molar-refractivity contribution in [1.29, 1.82) is 0 Å². The molecule has 7 heteroatoms. The molecule has 0 aliphatic carbocycles. The van der Waals surface area contributed by atoms with Crippen LogP contribution in [0.4, 0.5) is 4.39 Å². The molecule has 0 aliphatic rings. The number of rotatable bonds is 6. The summed E-state index contributed by atoms with van der Waals surface area (Å²) in [6, 6.07) is 12.3. The Labute approximate surface area is 180 Å². The summed E-state index contributed by atoms with van der Waals surface area (Å²) in [6.45, 7) is 5.80. The van der Waals surface area contributed by atoms with Crippen LogP contribution in [-0.4, -0.2) is 27.6 Å². The van der Waals surface area contributed by atoms with Gasteiger partial charge >= 0.3 is 0 Å². The number of hydrogen-bond donors (Lipinski definition) is 1. The first-order chi connectivity index (χ1) is 14.9. The van der Waals surface area contributed by atoms with Gasteiger partial charge in [-0.2, -0.15) is 5.10 Å². The molecule has 31 heavy (non-hydrogen) atoms. The maximum atomic E-state index is 14.0. The first kappa shape index (κ1) is 20.8. The monoisotopic (exact) mass is 420 g/mol. The molecule has 1 atom stereocenters. The van der Waals surface area contributed by atoms with E-state index in [0.717, 1.165) is 33.5 Å². The number of aromatic nitrogens is 3. The molecule has 4 rings (SSSR count). The van der Waals surface area contributed by atoms with Crippen LogP contribution in [0.2, 0.25) is 0 Å². The summed E-state index contributed by atoms with van der Waals surface area (Å²) in [6.07, 6.45) is 0.852. The molecular weight excluding hydrogens is 395 g/mol. The molecule has 2 aromatic heterocycles. The first-order valence-corrected chi connectivity index (χ1v) is 10.3. The minimum atomic E-state index is -0.446. The average molecular weight is 420 g/mol. The predicted molar refractivity (Wildman–Crippen MR) is 118 cm³/mol. The summed E-state index contributed by atoms with van der Waals surface area (Å²) in [7, 11) is 1.42. The number of benzene rings is 2. The van der Waals surface area contributed by atoms with Crippen molar-refractivity contribution >= 4 is 22.5 Å². The lowest BCUT2D eigenvalue weighted by molar-refractivity contribution is -0.121. The molecule has 160 valence electrons. The van der Waals surface area contributed by atoms with Gasteiger partial charge in [0.05, 0.1) is 18.7 Å². The van der Waals surface area contributed by atoms with Gasteiger partial charge < -0.3 is 10.1 Å². The van der Waals surface area contributed by atoms with E-state index in [4.69, 9.17) is 9.72 Å². The summed E-state index contributed by atoms with van der Waals surface area (Å²) >= 11 is 0. The second-order valence-corrected chi connectivity index (χ2v) is 7.70. The predicted octanol–water partition coefficient (Wildman–Crippen LogP) is 4.46. The lowest BCUT2D eigenvalue weighted by atomic mass is 10.0. The first-order valence-electron chi connectivity index (χ1n) is 10.3. The van der Waals surface area contributed by atoms with Crippen molar-refractivity contribution in [3.05, 3.63) is 70.8 Å². The maximum Gasteiger partial charge on any atom is 0.220 e. The van der Waals surface area contributed by atoms with Crippen molar-refractivity contribution in [2.24, 2.45) is 0 Å². The van der Waals surface area contributed by atoms with Gasteiger partial charge in [0, 0.05) is 23.2 Å². The van der Waals surface area contributed by atoms with Gasteiger partial charge in [-0.05, 0) is 62.6 Å². The Morgan fingerprint density at radius 3 is 2.74 bits per heavy atom. The molecule has 0 radical (unpaired) electrons. The molecule has 2 heterocycles. The van der Waals surface area contributed by atoms with Gasteiger partial charge in [-0.1, -0.05) is 18.2 Å². The molecule has 6 nitrogen and oxygen atoms in total. The van der Waals surface area contributed by atoms with Crippen LogP contribution in [0.1, 0.15) is 41.9 Å². The van der Waals surface area contributed by atoms with E-state index in [1.807, 2.05) is 49.6 Å². The van der Waals surface area contributed by atoms with Crippen LogP contribution in [0.15, 0.2) is 42.5 Å².